The molecule has 3 aromatic carbocycles. The molecular weight excluding hydrogens is 1390 g/mol. The number of carbonyl (C=O) groups is 2. The number of amides is 1. The van der Waals surface area contributed by atoms with Crippen molar-refractivity contribution in [2.45, 2.75) is 186 Å². The zero-order valence-corrected chi connectivity index (χ0v) is 63.9. The molecule has 3 aliphatic heterocycles. The number of nitrogens with zero attached hydrogens (tertiary/aromatic N) is 8. The van der Waals surface area contributed by atoms with Crippen LogP contribution in [0.2, 0.25) is 0 Å². The van der Waals surface area contributed by atoms with Gasteiger partial charge in [-0.15, -0.1) is 0 Å². The Morgan fingerprint density at radius 2 is 0.819 bits per heavy atom. The van der Waals surface area contributed by atoms with Crippen LogP contribution in [-0.4, -0.2) is 176 Å². The first kappa shape index (κ1) is 81.8. The monoisotopic (exact) mass is 1490 g/mol. The molecule has 0 spiro atoms. The first-order chi connectivity index (χ1) is 50.4. The highest BCUT2D eigenvalue weighted by atomic mass is 31.2. The summed E-state index contributed by atoms with van der Waals surface area (Å²) in [7, 11) is -2.47. The van der Waals surface area contributed by atoms with Crippen LogP contribution < -0.4 is 39.1 Å². The van der Waals surface area contributed by atoms with Crippen molar-refractivity contribution in [2.24, 2.45) is 0 Å². The van der Waals surface area contributed by atoms with Gasteiger partial charge in [-0.2, -0.15) is 0 Å². The lowest BCUT2D eigenvalue weighted by Gasteiger charge is -2.51. The minimum absolute atomic E-state index is 0.106. The smallest absolute Gasteiger partial charge is 0.345 e. The Morgan fingerprint density at radius 3 is 1.19 bits per heavy atom. The van der Waals surface area contributed by atoms with Gasteiger partial charge in [-0.05, 0) is 72.1 Å². The van der Waals surface area contributed by atoms with Crippen molar-refractivity contribution in [3.8, 4) is 0 Å². The number of aromatic amines is 3. The van der Waals surface area contributed by atoms with E-state index in [1.165, 1.54) is 153 Å². The van der Waals surface area contributed by atoms with E-state index >= 15 is 9.13 Å². The summed E-state index contributed by atoms with van der Waals surface area (Å²) in [5.41, 5.74) is -1.97. The predicted molar refractivity (Wildman–Crippen MR) is 401 cm³/mol. The number of nitrogens with one attached hydrogen (secondary N) is 4. The molecule has 2 unspecified atom stereocenters. The average Bonchev–Trinajstić information content (AvgIpc) is 0.734. The van der Waals surface area contributed by atoms with Crippen molar-refractivity contribution < 1.29 is 46.7 Å². The molecule has 30 heteroatoms. The summed E-state index contributed by atoms with van der Waals surface area (Å²) < 4.78 is 80.5. The van der Waals surface area contributed by atoms with E-state index in [9.17, 15) is 38.4 Å². The lowest BCUT2D eigenvalue weighted by molar-refractivity contribution is -0.160. The second kappa shape index (κ2) is 39.0. The zero-order valence-electron chi connectivity index (χ0n) is 62.2. The number of aromatic nitrogens is 6. The number of benzene rings is 3. The highest BCUT2D eigenvalue weighted by Crippen LogP contribution is 2.57. The van der Waals surface area contributed by atoms with Crippen molar-refractivity contribution in [2.75, 3.05) is 93.8 Å². The molecule has 28 nitrogen and oxygen atoms in total. The highest BCUT2D eigenvalue weighted by molar-refractivity contribution is 7.54. The summed E-state index contributed by atoms with van der Waals surface area (Å²) in [6, 6.07) is 29.7. The van der Waals surface area contributed by atoms with Gasteiger partial charge in [0, 0.05) is 74.4 Å². The second-order valence-corrected chi connectivity index (χ2v) is 33.3. The number of carbonyl (C=O) groups excluding carboxylic acids is 2. The van der Waals surface area contributed by atoms with Crippen LogP contribution in [0, 0.1) is 20.8 Å². The molecule has 4 N–H and O–H groups in total. The van der Waals surface area contributed by atoms with Gasteiger partial charge in [-0.1, -0.05) is 194 Å². The van der Waals surface area contributed by atoms with Crippen LogP contribution in [-0.2, 0) is 52.3 Å². The summed E-state index contributed by atoms with van der Waals surface area (Å²) in [6.07, 6.45) is 16.9. The topological polar surface area (TPSA) is 316 Å². The molecule has 574 valence electrons. The highest BCUT2D eigenvalue weighted by Gasteiger charge is 2.50. The third kappa shape index (κ3) is 21.3. The number of unbranched alkanes of at least 4 members (excludes halogenated alkanes) is 15. The Labute approximate surface area is 613 Å². The molecule has 0 saturated carbocycles. The maximum atomic E-state index is 16.3. The van der Waals surface area contributed by atoms with Crippen LogP contribution >= 0.6 is 15.3 Å². The molecule has 0 radical (unpaired) electrons. The van der Waals surface area contributed by atoms with Crippen LogP contribution in [0.1, 0.15) is 175 Å². The van der Waals surface area contributed by atoms with E-state index in [1.807, 2.05) is 91.0 Å². The summed E-state index contributed by atoms with van der Waals surface area (Å²) in [4.78, 5) is 115. The van der Waals surface area contributed by atoms with Crippen LogP contribution in [0.15, 0.2) is 138 Å². The van der Waals surface area contributed by atoms with Gasteiger partial charge in [0.15, 0.2) is 18.7 Å². The van der Waals surface area contributed by atoms with E-state index in [0.29, 0.717) is 6.54 Å². The Balaban J connectivity index is 0.903. The molecular formula is C75H108N12O16P2. The van der Waals surface area contributed by atoms with Crippen LogP contribution in [0.4, 0.5) is 0 Å². The van der Waals surface area contributed by atoms with Crippen LogP contribution in [0.3, 0.4) is 0 Å². The second-order valence-electron chi connectivity index (χ2n) is 28.1. The summed E-state index contributed by atoms with van der Waals surface area (Å²) in [6.45, 7) is 5.40. The third-order valence-corrected chi connectivity index (χ3v) is 24.8. The van der Waals surface area contributed by atoms with Gasteiger partial charge in [-0.3, -0.25) is 66.7 Å². The molecule has 6 aromatic rings. The number of aryl methyl sites for hydroxylation is 3. The van der Waals surface area contributed by atoms with Gasteiger partial charge in [0.25, 0.3) is 16.7 Å². The van der Waals surface area contributed by atoms with Gasteiger partial charge < -0.3 is 33.3 Å². The Hall–Kier alpha value is -7.30. The van der Waals surface area contributed by atoms with Crippen LogP contribution in [0.5, 0.6) is 0 Å². The van der Waals surface area contributed by atoms with Crippen LogP contribution in [0.25, 0.3) is 0 Å². The molecule has 6 heterocycles. The van der Waals surface area contributed by atoms with Gasteiger partial charge in [-0.25, -0.2) is 33.1 Å². The maximum Gasteiger partial charge on any atom is 0.345 e. The lowest BCUT2D eigenvalue weighted by atomic mass is 9.75. The van der Waals surface area contributed by atoms with Crippen molar-refractivity contribution in [3.05, 3.63) is 205 Å². The molecule has 3 saturated heterocycles. The number of esters is 1. The SMILES string of the molecule is CCCCCCCCCCCCCCCCCCNC(=O)CCC(=O)OC[C@@H]1CN(P(=O)(OC[C@@H]2CN(P(=O)(OC[C@@H]3CN(C(c4ccccc4)(c4ccccc4)c4ccccc4)C[C@H](n4cc(C)c(=O)[nH]c4=O)O3)N(C)C)C[C@H](n3cc(C)c(=O)[nH]c3=O)O2)N(C)C)C[C@H](n2cc(C)c(=O)[nH]c2=O)O1. The fraction of sp³-hybridized carbons (Fsp3) is 0.573. The molecule has 3 aromatic heterocycles. The van der Waals surface area contributed by atoms with E-state index in [4.69, 9.17) is 28.0 Å². The minimum atomic E-state index is -4.33. The van der Waals surface area contributed by atoms with Gasteiger partial charge in [0.05, 0.1) is 50.5 Å². The predicted octanol–water partition coefficient (Wildman–Crippen LogP) is 9.23. The van der Waals surface area contributed by atoms with Crippen molar-refractivity contribution >= 4 is 27.2 Å². The van der Waals surface area contributed by atoms with Crippen molar-refractivity contribution in [1.29, 1.82) is 0 Å². The number of morpholine rings is 3. The number of hydrogen-bond acceptors (Lipinski definition) is 17. The molecule has 0 bridgehead atoms. The maximum absolute atomic E-state index is 16.3. The van der Waals surface area contributed by atoms with Crippen molar-refractivity contribution in [1.82, 2.24) is 57.6 Å². The number of hydrogen-bond donors (Lipinski definition) is 4. The van der Waals surface area contributed by atoms with E-state index in [0.717, 1.165) is 45.1 Å². The molecule has 8 atom stereocenters. The molecule has 105 heavy (non-hydrogen) atoms. The van der Waals surface area contributed by atoms with Crippen molar-refractivity contribution in [3.63, 3.8) is 0 Å². The molecule has 9 rings (SSSR count). The number of rotatable bonds is 39. The quantitative estimate of drug-likeness (QED) is 0.0121. The van der Waals surface area contributed by atoms with Gasteiger partial charge in [0.2, 0.25) is 5.91 Å². The van der Waals surface area contributed by atoms with Gasteiger partial charge >= 0.3 is 38.4 Å². The third-order valence-electron chi connectivity index (χ3n) is 19.8. The Bertz CT molecular complexity index is 4170. The minimum Gasteiger partial charge on any atom is -0.463 e. The Morgan fingerprint density at radius 1 is 0.476 bits per heavy atom. The number of H-pyrrole nitrogens is 3. The van der Waals surface area contributed by atoms with E-state index in [-0.39, 0.29) is 81.3 Å². The fourth-order valence-electron chi connectivity index (χ4n) is 14.0. The van der Waals surface area contributed by atoms with E-state index in [1.54, 1.807) is 21.0 Å². The molecule has 3 aliphatic rings. The normalized spacial score (nSPS) is 20.4. The zero-order chi connectivity index (χ0) is 75.3. The largest absolute Gasteiger partial charge is 0.463 e. The summed E-state index contributed by atoms with van der Waals surface area (Å²) in [5.74, 6) is -0.979. The number of ether oxygens (including phenoxy) is 4. The van der Waals surface area contributed by atoms with Gasteiger partial charge in [0.1, 0.15) is 12.7 Å². The summed E-state index contributed by atoms with van der Waals surface area (Å²) in [5, 5.41) is 2.91. The molecule has 1 amide bonds. The standard InChI is InChI=1S/C75H108N12O16P2/c1-9-10-11-12-13-14-15-16-17-18-19-20-21-22-23-33-42-76-64(88)40-41-68(89)98-52-62-47-83(50-66(102-62)86-44-56(3)70(91)78-73(86)94)104(96,80(5)6)100-54-63-48-84(51-67(103-63)87-45-57(4)71(92)79-74(87)95)105(97,81(7)8)99-53-61-46-82(49-65(101-61)85-43-55(2)69(90)77-72(85)93)75(58-34-27-24-28-35-58,59-36-29-25-30-37-59)60-38-31-26-32-39-60/h24-32,34-39,43-45,61-63,65-67H,9-23,33,40-42,46-54H2,1-8H3,(H,76,88)(H,77,90,93)(H,78,91,94)(H,79,92,95)/t61-,62-,63-,65+,66+,67+,104?,105?/m0/s1. The first-order valence-electron chi connectivity index (χ1n) is 37.1. The first-order valence-corrected chi connectivity index (χ1v) is 40.1. The van der Waals surface area contributed by atoms with E-state index in [2.05, 4.69) is 32.1 Å². The Kier molecular flexibility index (Phi) is 30.4. The summed E-state index contributed by atoms with van der Waals surface area (Å²) >= 11 is 0. The fourth-order valence-corrected chi connectivity index (χ4v) is 18.0. The average molecular weight is 1500 g/mol. The lowest BCUT2D eigenvalue weighted by Crippen LogP contribution is -2.58. The van der Waals surface area contributed by atoms with E-state index < -0.39 is 111 Å². The molecule has 0 aliphatic carbocycles. The molecule has 3 fully saturated rings.